The van der Waals surface area contributed by atoms with Gasteiger partial charge in [-0.2, -0.15) is 11.8 Å². The van der Waals surface area contributed by atoms with Gasteiger partial charge >= 0.3 is 0 Å². The average molecular weight is 278 g/mol. The molecule has 1 aliphatic rings. The summed E-state index contributed by atoms with van der Waals surface area (Å²) in [5, 5.41) is 1.51. The van der Waals surface area contributed by atoms with Crippen LogP contribution in [-0.2, 0) is 10.5 Å². The highest BCUT2D eigenvalue weighted by Crippen LogP contribution is 2.30. The van der Waals surface area contributed by atoms with Crippen molar-refractivity contribution in [3.05, 3.63) is 28.0 Å². The predicted molar refractivity (Wildman–Crippen MR) is 69.4 cm³/mol. The first-order valence-corrected chi connectivity index (χ1v) is 7.01. The molecule has 0 amide bonds. The van der Waals surface area contributed by atoms with Crippen molar-refractivity contribution in [1.82, 2.24) is 4.98 Å². The lowest BCUT2D eigenvalue weighted by Gasteiger charge is -2.13. The Morgan fingerprint density at radius 1 is 1.50 bits per heavy atom. The van der Waals surface area contributed by atoms with Gasteiger partial charge in [0.05, 0.1) is 6.10 Å². The Morgan fingerprint density at radius 2 is 2.31 bits per heavy atom. The van der Waals surface area contributed by atoms with Crippen LogP contribution in [0.4, 0.5) is 0 Å². The van der Waals surface area contributed by atoms with Crippen molar-refractivity contribution in [2.75, 3.05) is 6.61 Å². The third-order valence-electron chi connectivity index (χ3n) is 2.65. The summed E-state index contributed by atoms with van der Waals surface area (Å²) in [5.41, 5.74) is 1.04. The fourth-order valence-electron chi connectivity index (χ4n) is 1.68. The minimum atomic E-state index is 0.337. The van der Waals surface area contributed by atoms with E-state index < -0.39 is 0 Å². The summed E-state index contributed by atoms with van der Waals surface area (Å²) in [5.74, 6) is 0.862. The van der Waals surface area contributed by atoms with Crippen LogP contribution in [0.2, 0.25) is 10.3 Å². The molecule has 0 N–H and O–H groups in total. The van der Waals surface area contributed by atoms with E-state index in [0.29, 0.717) is 21.7 Å². The van der Waals surface area contributed by atoms with Gasteiger partial charge in [0.15, 0.2) is 0 Å². The number of halogens is 2. The monoisotopic (exact) mass is 277 g/mol. The van der Waals surface area contributed by atoms with Crippen LogP contribution in [0.15, 0.2) is 12.1 Å². The second kappa shape index (κ2) is 5.58. The molecule has 2 atom stereocenters. The molecule has 1 saturated heterocycles. The van der Waals surface area contributed by atoms with Crippen LogP contribution in [0.5, 0.6) is 0 Å². The van der Waals surface area contributed by atoms with E-state index in [2.05, 4.69) is 11.9 Å². The quantitative estimate of drug-likeness (QED) is 0.785. The number of nitrogens with zero attached hydrogens (tertiary/aromatic N) is 1. The SMILES string of the molecule is CC1OCCC1SCc1ccc(Cl)nc1Cl. The smallest absolute Gasteiger partial charge is 0.134 e. The molecule has 5 heteroatoms. The zero-order valence-electron chi connectivity index (χ0n) is 8.95. The van der Waals surface area contributed by atoms with Crippen LogP contribution in [0, 0.1) is 0 Å². The molecule has 1 fully saturated rings. The topological polar surface area (TPSA) is 22.1 Å². The van der Waals surface area contributed by atoms with E-state index in [-0.39, 0.29) is 0 Å². The van der Waals surface area contributed by atoms with Gasteiger partial charge in [0.25, 0.3) is 0 Å². The molecule has 88 valence electrons. The normalized spacial score (nSPS) is 24.9. The van der Waals surface area contributed by atoms with Gasteiger partial charge < -0.3 is 4.74 Å². The number of rotatable bonds is 3. The van der Waals surface area contributed by atoms with E-state index in [9.17, 15) is 0 Å². The van der Waals surface area contributed by atoms with Crippen molar-refractivity contribution in [1.29, 1.82) is 0 Å². The van der Waals surface area contributed by atoms with Crippen LogP contribution in [0.1, 0.15) is 18.9 Å². The molecule has 0 bridgehead atoms. The van der Waals surface area contributed by atoms with Gasteiger partial charge in [0.2, 0.25) is 0 Å². The van der Waals surface area contributed by atoms with E-state index >= 15 is 0 Å². The number of ether oxygens (including phenoxy) is 1. The molecule has 1 aromatic heterocycles. The molecule has 2 unspecified atom stereocenters. The first-order valence-electron chi connectivity index (χ1n) is 5.21. The summed E-state index contributed by atoms with van der Waals surface area (Å²) in [6.45, 7) is 2.98. The van der Waals surface area contributed by atoms with Gasteiger partial charge in [-0.3, -0.25) is 0 Å². The van der Waals surface area contributed by atoms with Crippen LogP contribution >= 0.6 is 35.0 Å². The van der Waals surface area contributed by atoms with Gasteiger partial charge in [0, 0.05) is 17.6 Å². The van der Waals surface area contributed by atoms with Crippen LogP contribution in [-0.4, -0.2) is 22.9 Å². The van der Waals surface area contributed by atoms with Crippen LogP contribution in [0.25, 0.3) is 0 Å². The van der Waals surface area contributed by atoms with E-state index in [4.69, 9.17) is 27.9 Å². The summed E-state index contributed by atoms with van der Waals surface area (Å²) < 4.78 is 5.51. The Kier molecular flexibility index (Phi) is 4.36. The zero-order chi connectivity index (χ0) is 11.5. The second-order valence-electron chi connectivity index (χ2n) is 3.80. The van der Waals surface area contributed by atoms with Gasteiger partial charge in [-0.15, -0.1) is 0 Å². The lowest BCUT2D eigenvalue weighted by molar-refractivity contribution is 0.127. The molecule has 2 rings (SSSR count). The Bertz CT molecular complexity index is 375. The maximum atomic E-state index is 6.01. The average Bonchev–Trinajstić information content (AvgIpc) is 2.63. The second-order valence-corrected chi connectivity index (χ2v) is 5.77. The number of hydrogen-bond acceptors (Lipinski definition) is 3. The largest absolute Gasteiger partial charge is 0.377 e. The van der Waals surface area contributed by atoms with Crippen molar-refractivity contribution in [2.24, 2.45) is 0 Å². The molecule has 0 aliphatic carbocycles. The number of hydrogen-bond donors (Lipinski definition) is 0. The molecular weight excluding hydrogens is 265 g/mol. The van der Waals surface area contributed by atoms with E-state index in [0.717, 1.165) is 24.3 Å². The number of aromatic nitrogens is 1. The molecular formula is C11H13Cl2NOS. The molecule has 0 radical (unpaired) electrons. The van der Waals surface area contributed by atoms with Crippen molar-refractivity contribution in [3.8, 4) is 0 Å². The van der Waals surface area contributed by atoms with Crippen molar-refractivity contribution in [2.45, 2.75) is 30.5 Å². The molecule has 1 aromatic rings. The molecule has 0 saturated carbocycles. The summed E-state index contributed by atoms with van der Waals surface area (Å²) in [6, 6.07) is 3.71. The molecule has 0 aromatic carbocycles. The summed E-state index contributed by atoms with van der Waals surface area (Å²) in [4.78, 5) is 4.02. The fraction of sp³-hybridized carbons (Fsp3) is 0.545. The van der Waals surface area contributed by atoms with Crippen molar-refractivity contribution in [3.63, 3.8) is 0 Å². The number of pyridine rings is 1. The highest BCUT2D eigenvalue weighted by atomic mass is 35.5. The van der Waals surface area contributed by atoms with Crippen LogP contribution < -0.4 is 0 Å². The summed E-state index contributed by atoms with van der Waals surface area (Å²) in [7, 11) is 0. The van der Waals surface area contributed by atoms with E-state index in [1.807, 2.05) is 17.8 Å². The number of thioether (sulfide) groups is 1. The van der Waals surface area contributed by atoms with Gasteiger partial charge in [0.1, 0.15) is 10.3 Å². The minimum Gasteiger partial charge on any atom is -0.377 e. The van der Waals surface area contributed by atoms with Gasteiger partial charge in [-0.25, -0.2) is 4.98 Å². The molecule has 1 aliphatic heterocycles. The predicted octanol–water partition coefficient (Wildman–Crippen LogP) is 3.80. The molecule has 2 nitrogen and oxygen atoms in total. The first-order chi connectivity index (χ1) is 7.66. The Morgan fingerprint density at radius 3 is 2.94 bits per heavy atom. The Balaban J connectivity index is 1.94. The van der Waals surface area contributed by atoms with Gasteiger partial charge in [-0.1, -0.05) is 29.3 Å². The Labute approximate surface area is 110 Å². The standard InChI is InChI=1S/C11H13Cl2NOS/c1-7-9(4-5-15-7)16-6-8-2-3-10(12)14-11(8)13/h2-3,7,9H,4-6H2,1H3. The highest BCUT2D eigenvalue weighted by molar-refractivity contribution is 7.99. The van der Waals surface area contributed by atoms with Crippen molar-refractivity contribution >= 4 is 35.0 Å². The van der Waals surface area contributed by atoms with Crippen molar-refractivity contribution < 1.29 is 4.74 Å². The third kappa shape index (κ3) is 3.04. The molecule has 2 heterocycles. The lowest BCUT2D eigenvalue weighted by atomic mass is 10.3. The first kappa shape index (κ1) is 12.5. The highest BCUT2D eigenvalue weighted by Gasteiger charge is 2.24. The summed E-state index contributed by atoms with van der Waals surface area (Å²) >= 11 is 13.6. The van der Waals surface area contributed by atoms with Crippen LogP contribution in [0.3, 0.4) is 0 Å². The van der Waals surface area contributed by atoms with E-state index in [1.165, 1.54) is 0 Å². The Hall–Kier alpha value is 0.0400. The lowest BCUT2D eigenvalue weighted by Crippen LogP contribution is -2.13. The van der Waals surface area contributed by atoms with Gasteiger partial charge in [-0.05, 0) is 25.0 Å². The maximum Gasteiger partial charge on any atom is 0.134 e. The molecule has 16 heavy (non-hydrogen) atoms. The maximum absolute atomic E-state index is 6.01. The summed E-state index contributed by atoms with van der Waals surface area (Å²) in [6.07, 6.45) is 1.45. The minimum absolute atomic E-state index is 0.337. The third-order valence-corrected chi connectivity index (χ3v) is 4.71. The van der Waals surface area contributed by atoms with E-state index in [1.54, 1.807) is 6.07 Å². The zero-order valence-corrected chi connectivity index (χ0v) is 11.3. The molecule has 0 spiro atoms. The fourth-order valence-corrected chi connectivity index (χ4v) is 3.41.